The molecule has 1 unspecified atom stereocenters. The smallest absolute Gasteiger partial charge is 0.0109 e. The molecule has 0 aromatic heterocycles. The van der Waals surface area contributed by atoms with Gasteiger partial charge in [-0.2, -0.15) is 0 Å². The molecule has 2 N–H and O–H groups in total. The molecule has 0 rings (SSSR count). The van der Waals surface area contributed by atoms with Gasteiger partial charge in [0.2, 0.25) is 0 Å². The van der Waals surface area contributed by atoms with Crippen molar-refractivity contribution in [2.75, 3.05) is 46.8 Å². The highest BCUT2D eigenvalue weighted by molar-refractivity contribution is 4.80. The normalized spacial score (nSPS) is 15.7. The van der Waals surface area contributed by atoms with Gasteiger partial charge in [-0.3, -0.25) is 0 Å². The number of likely N-dealkylation sites (N-methyl/N-ethyl adjacent to an activating group) is 1. The van der Waals surface area contributed by atoms with E-state index in [9.17, 15) is 0 Å². The van der Waals surface area contributed by atoms with Gasteiger partial charge in [0.1, 0.15) is 0 Å². The first-order valence-corrected chi connectivity index (χ1v) is 7.40. The summed E-state index contributed by atoms with van der Waals surface area (Å²) in [5.74, 6) is 0.718. The van der Waals surface area contributed by atoms with Crippen LogP contribution >= 0.6 is 0 Å². The molecule has 110 valence electrons. The summed E-state index contributed by atoms with van der Waals surface area (Å²) in [5.41, 5.74) is 6.26. The molecular weight excluding hydrogens is 222 g/mol. The quantitative estimate of drug-likeness (QED) is 0.652. The minimum atomic E-state index is 0.274. The van der Waals surface area contributed by atoms with E-state index in [2.05, 4.69) is 51.6 Å². The maximum Gasteiger partial charge on any atom is 0.0109 e. The Morgan fingerprint density at radius 1 is 1.17 bits per heavy atom. The van der Waals surface area contributed by atoms with Gasteiger partial charge in [0, 0.05) is 26.2 Å². The summed E-state index contributed by atoms with van der Waals surface area (Å²) in [6.07, 6.45) is 2.44. The lowest BCUT2D eigenvalue weighted by molar-refractivity contribution is 0.136. The SMILES string of the molecule is CCCC(C)(CN)CN(CCN(C)C)CC(C)C. The third-order valence-corrected chi connectivity index (χ3v) is 3.44. The average Bonchev–Trinajstić information content (AvgIpc) is 2.25. The topological polar surface area (TPSA) is 32.5 Å². The fourth-order valence-corrected chi connectivity index (χ4v) is 2.48. The number of nitrogens with two attached hydrogens (primary N) is 1. The zero-order valence-electron chi connectivity index (χ0n) is 13.5. The van der Waals surface area contributed by atoms with Crippen LogP contribution in [0.25, 0.3) is 0 Å². The molecule has 0 amide bonds. The van der Waals surface area contributed by atoms with Crippen molar-refractivity contribution < 1.29 is 0 Å². The van der Waals surface area contributed by atoms with Crippen LogP contribution < -0.4 is 5.73 Å². The van der Waals surface area contributed by atoms with Crippen LogP contribution in [0.3, 0.4) is 0 Å². The van der Waals surface area contributed by atoms with E-state index in [1.54, 1.807) is 0 Å². The summed E-state index contributed by atoms with van der Waals surface area (Å²) in [5, 5.41) is 0. The van der Waals surface area contributed by atoms with Gasteiger partial charge in [0.25, 0.3) is 0 Å². The van der Waals surface area contributed by atoms with E-state index >= 15 is 0 Å². The van der Waals surface area contributed by atoms with Crippen LogP contribution in [-0.4, -0.2) is 56.6 Å². The van der Waals surface area contributed by atoms with E-state index in [-0.39, 0.29) is 5.41 Å². The second-order valence-electron chi connectivity index (χ2n) is 6.70. The van der Waals surface area contributed by atoms with Crippen molar-refractivity contribution in [3.8, 4) is 0 Å². The first-order valence-electron chi connectivity index (χ1n) is 7.40. The van der Waals surface area contributed by atoms with Gasteiger partial charge < -0.3 is 15.5 Å². The van der Waals surface area contributed by atoms with E-state index in [0.717, 1.165) is 32.1 Å². The van der Waals surface area contributed by atoms with Gasteiger partial charge in [-0.25, -0.2) is 0 Å². The van der Waals surface area contributed by atoms with Gasteiger partial charge in [-0.15, -0.1) is 0 Å². The fraction of sp³-hybridized carbons (Fsp3) is 1.00. The molecule has 0 saturated carbocycles. The molecule has 0 heterocycles. The molecule has 1 atom stereocenters. The standard InChI is InChI=1S/C15H35N3/c1-7-8-15(4,12-16)13-18(11-14(2)3)10-9-17(5)6/h14H,7-13,16H2,1-6H3. The largest absolute Gasteiger partial charge is 0.330 e. The summed E-state index contributed by atoms with van der Waals surface area (Å²) in [7, 11) is 4.28. The molecular formula is C15H35N3. The van der Waals surface area contributed by atoms with Gasteiger partial charge in [0.05, 0.1) is 0 Å². The van der Waals surface area contributed by atoms with Crippen molar-refractivity contribution in [1.29, 1.82) is 0 Å². The van der Waals surface area contributed by atoms with E-state index in [0.29, 0.717) is 0 Å². The van der Waals surface area contributed by atoms with Crippen molar-refractivity contribution in [3.05, 3.63) is 0 Å². The van der Waals surface area contributed by atoms with Crippen LogP contribution in [0.15, 0.2) is 0 Å². The highest BCUT2D eigenvalue weighted by atomic mass is 15.2. The molecule has 0 fully saturated rings. The number of hydrogen-bond donors (Lipinski definition) is 1. The van der Waals surface area contributed by atoms with Gasteiger partial charge in [-0.1, -0.05) is 34.1 Å². The minimum absolute atomic E-state index is 0.274. The van der Waals surface area contributed by atoms with E-state index in [4.69, 9.17) is 5.73 Å². The molecule has 0 radical (unpaired) electrons. The van der Waals surface area contributed by atoms with Crippen molar-refractivity contribution in [2.45, 2.75) is 40.5 Å². The number of rotatable bonds is 10. The molecule has 0 aromatic rings. The van der Waals surface area contributed by atoms with Gasteiger partial charge in [0.15, 0.2) is 0 Å². The zero-order valence-corrected chi connectivity index (χ0v) is 13.5. The Morgan fingerprint density at radius 2 is 1.78 bits per heavy atom. The van der Waals surface area contributed by atoms with Crippen LogP contribution in [0.1, 0.15) is 40.5 Å². The predicted molar refractivity (Wildman–Crippen MR) is 81.9 cm³/mol. The molecule has 0 aromatic carbocycles. The van der Waals surface area contributed by atoms with Crippen LogP contribution in [0.2, 0.25) is 0 Å². The van der Waals surface area contributed by atoms with E-state index in [1.165, 1.54) is 19.4 Å². The lowest BCUT2D eigenvalue weighted by Gasteiger charge is -2.36. The molecule has 0 aliphatic rings. The second kappa shape index (κ2) is 8.89. The molecule has 0 aliphatic heterocycles. The molecule has 18 heavy (non-hydrogen) atoms. The highest BCUT2D eigenvalue weighted by Gasteiger charge is 2.25. The van der Waals surface area contributed by atoms with E-state index < -0.39 is 0 Å². The second-order valence-corrected chi connectivity index (χ2v) is 6.70. The van der Waals surface area contributed by atoms with E-state index in [1.807, 2.05) is 0 Å². The predicted octanol–water partition coefficient (Wildman–Crippen LogP) is 2.27. The lowest BCUT2D eigenvalue weighted by Crippen LogP contribution is -2.44. The Balaban J connectivity index is 4.44. The first kappa shape index (κ1) is 17.9. The maximum atomic E-state index is 5.99. The van der Waals surface area contributed by atoms with Crippen LogP contribution in [-0.2, 0) is 0 Å². The summed E-state index contributed by atoms with van der Waals surface area (Å²) in [6.45, 7) is 14.5. The van der Waals surface area contributed by atoms with Crippen LogP contribution in [0, 0.1) is 11.3 Å². The Hall–Kier alpha value is -0.120. The third kappa shape index (κ3) is 8.06. The Bertz CT molecular complexity index is 204. The number of hydrogen-bond acceptors (Lipinski definition) is 3. The minimum Gasteiger partial charge on any atom is -0.330 e. The van der Waals surface area contributed by atoms with Crippen LogP contribution in [0.4, 0.5) is 0 Å². The lowest BCUT2D eigenvalue weighted by atomic mass is 9.85. The molecule has 0 saturated heterocycles. The summed E-state index contributed by atoms with van der Waals surface area (Å²) in [4.78, 5) is 4.85. The molecule has 3 nitrogen and oxygen atoms in total. The Kier molecular flexibility index (Phi) is 8.83. The average molecular weight is 257 g/mol. The van der Waals surface area contributed by atoms with Gasteiger partial charge in [-0.05, 0) is 38.4 Å². The molecule has 0 spiro atoms. The fourth-order valence-electron chi connectivity index (χ4n) is 2.48. The third-order valence-electron chi connectivity index (χ3n) is 3.44. The van der Waals surface area contributed by atoms with Crippen molar-refractivity contribution >= 4 is 0 Å². The summed E-state index contributed by atoms with van der Waals surface area (Å²) in [6, 6.07) is 0. The monoisotopic (exact) mass is 257 g/mol. The van der Waals surface area contributed by atoms with Crippen molar-refractivity contribution in [3.63, 3.8) is 0 Å². The Labute approximate surface area is 115 Å². The molecule has 0 aliphatic carbocycles. The van der Waals surface area contributed by atoms with Crippen molar-refractivity contribution in [2.24, 2.45) is 17.1 Å². The first-order chi connectivity index (χ1) is 8.33. The van der Waals surface area contributed by atoms with Crippen LogP contribution in [0.5, 0.6) is 0 Å². The molecule has 3 heteroatoms. The summed E-state index contributed by atoms with van der Waals surface area (Å²) < 4.78 is 0. The number of nitrogens with zero attached hydrogens (tertiary/aromatic N) is 2. The van der Waals surface area contributed by atoms with Gasteiger partial charge >= 0.3 is 0 Å². The molecule has 0 bridgehead atoms. The highest BCUT2D eigenvalue weighted by Crippen LogP contribution is 2.23. The summed E-state index contributed by atoms with van der Waals surface area (Å²) >= 11 is 0. The zero-order chi connectivity index (χ0) is 14.2. The Morgan fingerprint density at radius 3 is 2.17 bits per heavy atom. The maximum absolute atomic E-state index is 5.99. The van der Waals surface area contributed by atoms with Crippen molar-refractivity contribution in [1.82, 2.24) is 9.80 Å².